The average molecular weight is 1140 g/mol. The second kappa shape index (κ2) is 60.7. The largest absolute Gasteiger partial charge is 0.756 e. The van der Waals surface area contributed by atoms with Crippen LogP contribution in [0.5, 0.6) is 0 Å². The van der Waals surface area contributed by atoms with Gasteiger partial charge in [0.05, 0.1) is 39.9 Å². The van der Waals surface area contributed by atoms with Crippen molar-refractivity contribution >= 4 is 13.7 Å². The SMILES string of the molecule is CC/C=C\C/C=C\C/C=C\C/C=C\C/C=C\C/C=C\CCCCCCCCCCC(=O)NC(COP(=O)([O-])OCC[N+](C)(C)C)C(O)/C=C/CC/C=C/CC/C=C/CCCCCCCCCCCCCCCCCCCCCCC. The molecule has 0 radical (unpaired) electrons. The summed E-state index contributed by atoms with van der Waals surface area (Å²) >= 11 is 0. The van der Waals surface area contributed by atoms with Crippen molar-refractivity contribution in [3.63, 3.8) is 0 Å². The molecule has 0 rings (SSSR count). The second-order valence-corrected chi connectivity index (χ2v) is 24.8. The Kier molecular flexibility index (Phi) is 58.6. The fourth-order valence-electron chi connectivity index (χ4n) is 9.31. The van der Waals surface area contributed by atoms with Gasteiger partial charge < -0.3 is 28.8 Å². The van der Waals surface area contributed by atoms with Crippen molar-refractivity contribution in [2.45, 2.75) is 296 Å². The molecule has 0 saturated carbocycles. The van der Waals surface area contributed by atoms with Crippen LogP contribution >= 0.6 is 7.82 Å². The third-order valence-electron chi connectivity index (χ3n) is 14.4. The summed E-state index contributed by atoms with van der Waals surface area (Å²) in [5, 5.41) is 13.9. The highest BCUT2D eigenvalue weighted by Gasteiger charge is 2.23. The van der Waals surface area contributed by atoms with Crippen LogP contribution < -0.4 is 10.2 Å². The van der Waals surface area contributed by atoms with Gasteiger partial charge in [-0.15, -0.1) is 0 Å². The van der Waals surface area contributed by atoms with E-state index in [9.17, 15) is 19.4 Å². The van der Waals surface area contributed by atoms with Crippen LogP contribution in [0.1, 0.15) is 284 Å². The van der Waals surface area contributed by atoms with Crippen LogP contribution in [0.4, 0.5) is 0 Å². The molecule has 462 valence electrons. The molecule has 3 unspecified atom stereocenters. The van der Waals surface area contributed by atoms with Gasteiger partial charge in [-0.2, -0.15) is 0 Å². The summed E-state index contributed by atoms with van der Waals surface area (Å²) < 4.78 is 23.4. The summed E-state index contributed by atoms with van der Waals surface area (Å²) in [7, 11) is 1.22. The molecule has 0 aliphatic heterocycles. The lowest BCUT2D eigenvalue weighted by molar-refractivity contribution is -0.870. The van der Waals surface area contributed by atoms with Crippen LogP contribution in [0.25, 0.3) is 0 Å². The molecule has 0 aliphatic carbocycles. The molecule has 0 fully saturated rings. The highest BCUT2D eigenvalue weighted by atomic mass is 31.2. The third kappa shape index (κ3) is 62.8. The first-order chi connectivity index (χ1) is 39.0. The van der Waals surface area contributed by atoms with E-state index < -0.39 is 26.6 Å². The van der Waals surface area contributed by atoms with Crippen molar-refractivity contribution in [2.75, 3.05) is 40.9 Å². The zero-order valence-corrected chi connectivity index (χ0v) is 53.6. The van der Waals surface area contributed by atoms with Crippen LogP contribution in [0.3, 0.4) is 0 Å². The summed E-state index contributed by atoms with van der Waals surface area (Å²) in [4.78, 5) is 25.6. The number of aliphatic hydroxyl groups is 1. The van der Waals surface area contributed by atoms with Gasteiger partial charge in [0.15, 0.2) is 0 Å². The van der Waals surface area contributed by atoms with Crippen LogP contribution in [0, 0.1) is 0 Å². The lowest BCUT2D eigenvalue weighted by Gasteiger charge is -2.29. The van der Waals surface area contributed by atoms with Crippen molar-refractivity contribution in [2.24, 2.45) is 0 Å². The standard InChI is InChI=1S/C71H127N2O6P/c1-6-8-10-12-14-16-18-20-22-24-26-28-30-32-34-35-36-37-39-40-42-44-46-48-50-52-54-56-58-60-62-64-70(74)69(68-79-80(76,77)78-67-66-73(3,4)5)72-71(75)65-63-61-59-57-55-53-51-49-47-45-43-41-38-33-31-29-27-25-23-21-19-17-15-13-11-9-7-2/h9,11,15,17,21,23,27,29,33,38,43,45-46,48,54,56,62,64,69-70,74H,6-8,10,12-14,16,18-20,22,24-26,28,30-32,34-37,39-42,44,47,49-53,55,57-61,63,65-68H2,1-5H3,(H-,72,75,76,77)/b11-9-,17-15-,23-21-,29-27-,38-33-,45-43-,48-46+,56-54+,64-62+. The Morgan fingerprint density at radius 1 is 0.450 bits per heavy atom. The summed E-state index contributed by atoms with van der Waals surface area (Å²) in [6.07, 6.45) is 89.2. The summed E-state index contributed by atoms with van der Waals surface area (Å²) in [5.41, 5.74) is 0. The Hall–Kier alpha value is -2.84. The number of unbranched alkanes of at least 4 members (excludes halogenated alkanes) is 31. The fraction of sp³-hybridized carbons (Fsp3) is 0.732. The van der Waals surface area contributed by atoms with Crippen LogP contribution in [0.15, 0.2) is 109 Å². The van der Waals surface area contributed by atoms with Gasteiger partial charge in [-0.1, -0.05) is 290 Å². The molecule has 0 aromatic carbocycles. The Morgan fingerprint density at radius 3 is 1.16 bits per heavy atom. The number of quaternary nitrogens is 1. The average Bonchev–Trinajstić information content (AvgIpc) is 3.42. The van der Waals surface area contributed by atoms with E-state index in [1.54, 1.807) is 6.08 Å². The summed E-state index contributed by atoms with van der Waals surface area (Å²) in [6.45, 7) is 4.51. The predicted octanol–water partition coefficient (Wildman–Crippen LogP) is 20.5. The fourth-order valence-corrected chi connectivity index (χ4v) is 10.0. The number of nitrogens with zero attached hydrogens (tertiary/aromatic N) is 1. The van der Waals surface area contributed by atoms with Gasteiger partial charge in [-0.3, -0.25) is 9.36 Å². The number of nitrogens with one attached hydrogen (secondary N) is 1. The van der Waals surface area contributed by atoms with Crippen LogP contribution in [-0.2, 0) is 18.4 Å². The molecule has 1 amide bonds. The number of hydrogen-bond donors (Lipinski definition) is 2. The monoisotopic (exact) mass is 1130 g/mol. The maximum Gasteiger partial charge on any atom is 0.268 e. The van der Waals surface area contributed by atoms with E-state index in [4.69, 9.17) is 9.05 Å². The molecule has 80 heavy (non-hydrogen) atoms. The minimum absolute atomic E-state index is 0.0163. The minimum Gasteiger partial charge on any atom is -0.756 e. The first-order valence-electron chi connectivity index (χ1n) is 33.2. The molecule has 0 spiro atoms. The molecule has 8 nitrogen and oxygen atoms in total. The van der Waals surface area contributed by atoms with Crippen LogP contribution in [-0.4, -0.2) is 68.5 Å². The van der Waals surface area contributed by atoms with E-state index in [-0.39, 0.29) is 12.5 Å². The van der Waals surface area contributed by atoms with Gasteiger partial charge in [0, 0.05) is 6.42 Å². The molecule has 2 N–H and O–H groups in total. The molecule has 0 aliphatic rings. The van der Waals surface area contributed by atoms with Gasteiger partial charge in [-0.05, 0) is 96.3 Å². The van der Waals surface area contributed by atoms with Gasteiger partial charge >= 0.3 is 0 Å². The topological polar surface area (TPSA) is 108 Å². The van der Waals surface area contributed by atoms with Crippen molar-refractivity contribution < 1.29 is 32.9 Å². The van der Waals surface area contributed by atoms with Crippen molar-refractivity contribution in [3.05, 3.63) is 109 Å². The van der Waals surface area contributed by atoms with Crippen molar-refractivity contribution in [3.8, 4) is 0 Å². The van der Waals surface area contributed by atoms with E-state index in [2.05, 4.69) is 116 Å². The highest BCUT2D eigenvalue weighted by molar-refractivity contribution is 7.45. The van der Waals surface area contributed by atoms with Gasteiger partial charge in [0.25, 0.3) is 7.82 Å². The second-order valence-electron chi connectivity index (χ2n) is 23.4. The summed E-state index contributed by atoms with van der Waals surface area (Å²) in [6, 6.07) is -0.924. The molecule has 0 aromatic heterocycles. The number of likely N-dealkylation sites (N-methyl/N-ethyl adjacent to an activating group) is 1. The molecule has 0 saturated heterocycles. The molecule has 9 heteroatoms. The molecule has 0 aromatic rings. The zero-order valence-electron chi connectivity index (χ0n) is 52.7. The molecule has 0 bridgehead atoms. The number of hydrogen-bond acceptors (Lipinski definition) is 6. The Bertz CT molecular complexity index is 1670. The van der Waals surface area contributed by atoms with E-state index in [1.807, 2.05) is 27.2 Å². The number of allylic oxidation sites excluding steroid dienone is 17. The third-order valence-corrected chi connectivity index (χ3v) is 15.4. The lowest BCUT2D eigenvalue weighted by atomic mass is 10.0. The molecular weight excluding hydrogens is 1010 g/mol. The first kappa shape index (κ1) is 77.2. The van der Waals surface area contributed by atoms with Crippen LogP contribution in [0.2, 0.25) is 0 Å². The van der Waals surface area contributed by atoms with Crippen molar-refractivity contribution in [1.82, 2.24) is 5.32 Å². The molecular formula is C71H127N2O6P. The number of phosphoric acid groups is 1. The molecule has 0 heterocycles. The number of amides is 1. The van der Waals surface area contributed by atoms with Gasteiger partial charge in [0.1, 0.15) is 13.2 Å². The number of phosphoric ester groups is 1. The predicted molar refractivity (Wildman–Crippen MR) is 348 cm³/mol. The maximum absolute atomic E-state index is 13.0. The number of carbonyl (C=O) groups is 1. The first-order valence-corrected chi connectivity index (χ1v) is 34.7. The number of aliphatic hydroxyl groups excluding tert-OH is 1. The quantitative estimate of drug-likeness (QED) is 0.0272. The smallest absolute Gasteiger partial charge is 0.268 e. The maximum atomic E-state index is 13.0. The molecule has 3 atom stereocenters. The summed E-state index contributed by atoms with van der Waals surface area (Å²) in [5.74, 6) is -0.222. The Morgan fingerprint density at radius 2 is 0.775 bits per heavy atom. The zero-order chi connectivity index (χ0) is 58.4. The van der Waals surface area contributed by atoms with Crippen molar-refractivity contribution in [1.29, 1.82) is 0 Å². The lowest BCUT2D eigenvalue weighted by Crippen LogP contribution is -2.45. The van der Waals surface area contributed by atoms with Gasteiger partial charge in [0.2, 0.25) is 5.91 Å². The normalized spacial score (nSPS) is 14.4. The highest BCUT2D eigenvalue weighted by Crippen LogP contribution is 2.38. The van der Waals surface area contributed by atoms with E-state index in [0.717, 1.165) is 96.3 Å². The number of carbonyl (C=O) groups excluding carboxylic acids is 1. The van der Waals surface area contributed by atoms with E-state index in [0.29, 0.717) is 17.4 Å². The van der Waals surface area contributed by atoms with Gasteiger partial charge in [-0.25, -0.2) is 0 Å². The minimum atomic E-state index is -4.63. The Labute approximate surface area is 495 Å². The Balaban J connectivity index is 4.22. The number of rotatable bonds is 60. The van der Waals surface area contributed by atoms with E-state index >= 15 is 0 Å². The van der Waals surface area contributed by atoms with E-state index in [1.165, 1.54) is 167 Å².